The number of hydrogen-bond acceptors (Lipinski definition) is 7. The van der Waals surface area contributed by atoms with Gasteiger partial charge >= 0.3 is 0 Å². The largest absolute Gasteiger partial charge is 0.312 e. The number of nitrogens with one attached hydrogen (secondary N) is 1. The number of nitro benzene ring substituents is 1. The zero-order valence-electron chi connectivity index (χ0n) is 16.7. The minimum Gasteiger partial charge on any atom is -0.312 e. The highest BCUT2D eigenvalue weighted by atomic mass is 32.2. The monoisotopic (exact) mass is 456 g/mol. The third-order valence-corrected chi connectivity index (χ3v) is 7.96. The van der Waals surface area contributed by atoms with Crippen molar-refractivity contribution in [2.24, 2.45) is 0 Å². The maximum atomic E-state index is 12.7. The maximum absolute atomic E-state index is 12.7. The van der Waals surface area contributed by atoms with E-state index in [9.17, 15) is 19.7 Å². The Morgan fingerprint density at radius 3 is 3.03 bits per heavy atom. The van der Waals surface area contributed by atoms with Crippen LogP contribution in [-0.4, -0.2) is 33.1 Å². The van der Waals surface area contributed by atoms with Crippen molar-refractivity contribution in [3.63, 3.8) is 0 Å². The van der Waals surface area contributed by atoms with E-state index in [1.165, 1.54) is 22.6 Å². The summed E-state index contributed by atoms with van der Waals surface area (Å²) in [6.07, 6.45) is 4.13. The lowest BCUT2D eigenvalue weighted by atomic mass is 10.1. The minimum atomic E-state index is -0.441. The summed E-state index contributed by atoms with van der Waals surface area (Å²) in [6.45, 7) is 0.550. The molecule has 1 aliphatic heterocycles. The number of non-ortho nitro benzene ring substituents is 1. The van der Waals surface area contributed by atoms with Gasteiger partial charge in [-0.25, -0.2) is 4.98 Å². The van der Waals surface area contributed by atoms with E-state index in [4.69, 9.17) is 0 Å². The minimum absolute atomic E-state index is 0.00204. The summed E-state index contributed by atoms with van der Waals surface area (Å²) < 4.78 is 0. The van der Waals surface area contributed by atoms with Crippen molar-refractivity contribution in [2.45, 2.75) is 37.9 Å². The molecule has 0 atom stereocenters. The van der Waals surface area contributed by atoms with E-state index in [0.717, 1.165) is 35.0 Å². The molecule has 0 bridgehead atoms. The Kier molecular flexibility index (Phi) is 5.27. The standard InChI is InChI=1S/C21H20N4O4S2/c26-18(24-8-6-12-4-5-13(25(28)29)10-15(12)24)7-9-30-11-17-22-20(27)19-14-2-1-3-16(14)31-21(19)23-17/h4-5,10H,1-3,6-9,11H2,(H,22,23,27). The zero-order valence-corrected chi connectivity index (χ0v) is 18.3. The van der Waals surface area contributed by atoms with Crippen LogP contribution >= 0.6 is 23.1 Å². The number of aromatic nitrogens is 2. The van der Waals surface area contributed by atoms with Gasteiger partial charge in [-0.2, -0.15) is 11.8 Å². The fourth-order valence-electron chi connectivity index (χ4n) is 4.32. The first-order valence-corrected chi connectivity index (χ1v) is 12.2. The molecule has 10 heteroatoms. The fraction of sp³-hybridized carbons (Fsp3) is 0.381. The summed E-state index contributed by atoms with van der Waals surface area (Å²) in [7, 11) is 0. The second-order valence-electron chi connectivity index (χ2n) is 7.72. The van der Waals surface area contributed by atoms with E-state index in [2.05, 4.69) is 9.97 Å². The molecule has 0 unspecified atom stereocenters. The zero-order chi connectivity index (χ0) is 21.5. The lowest BCUT2D eigenvalue weighted by Gasteiger charge is -2.17. The van der Waals surface area contributed by atoms with Crippen molar-refractivity contribution in [3.05, 3.63) is 60.5 Å². The van der Waals surface area contributed by atoms with Gasteiger partial charge in [0.05, 0.1) is 21.7 Å². The molecule has 1 N–H and O–H groups in total. The Morgan fingerprint density at radius 1 is 1.32 bits per heavy atom. The van der Waals surface area contributed by atoms with E-state index in [-0.39, 0.29) is 17.2 Å². The van der Waals surface area contributed by atoms with Crippen molar-refractivity contribution < 1.29 is 9.72 Å². The van der Waals surface area contributed by atoms with Gasteiger partial charge in [-0.3, -0.25) is 19.7 Å². The van der Waals surface area contributed by atoms with Gasteiger partial charge < -0.3 is 9.88 Å². The van der Waals surface area contributed by atoms with Crippen LogP contribution < -0.4 is 10.5 Å². The number of aryl methyl sites for hydroxylation is 2. The van der Waals surface area contributed by atoms with Crippen molar-refractivity contribution in [3.8, 4) is 0 Å². The van der Waals surface area contributed by atoms with E-state index in [1.807, 2.05) is 0 Å². The van der Waals surface area contributed by atoms with Crippen molar-refractivity contribution >= 4 is 50.6 Å². The van der Waals surface area contributed by atoms with E-state index >= 15 is 0 Å². The highest BCUT2D eigenvalue weighted by Crippen LogP contribution is 2.35. The van der Waals surface area contributed by atoms with Crippen LogP contribution in [0.5, 0.6) is 0 Å². The van der Waals surface area contributed by atoms with Crippen LogP contribution in [0.25, 0.3) is 10.2 Å². The van der Waals surface area contributed by atoms with Crippen molar-refractivity contribution in [2.75, 3.05) is 17.2 Å². The number of amides is 1. The highest BCUT2D eigenvalue weighted by Gasteiger charge is 2.26. The fourth-order valence-corrected chi connectivity index (χ4v) is 6.39. The number of aromatic amines is 1. The number of anilines is 1. The van der Waals surface area contributed by atoms with Crippen LogP contribution in [0.1, 0.15) is 34.7 Å². The molecular formula is C21H20N4O4S2. The number of nitro groups is 1. The van der Waals surface area contributed by atoms with Gasteiger partial charge in [0.15, 0.2) is 0 Å². The second kappa shape index (κ2) is 8.08. The SMILES string of the molecule is O=C(CCSCc1nc2sc3c(c2c(=O)[nH]1)CCC3)N1CCc2ccc([N+](=O)[O-])cc21. The van der Waals surface area contributed by atoms with Gasteiger partial charge in [-0.05, 0) is 36.8 Å². The topological polar surface area (TPSA) is 109 Å². The Morgan fingerprint density at radius 2 is 2.19 bits per heavy atom. The summed E-state index contributed by atoms with van der Waals surface area (Å²) in [4.78, 5) is 47.1. The number of H-pyrrole nitrogens is 1. The molecule has 160 valence electrons. The number of benzene rings is 1. The van der Waals surface area contributed by atoms with E-state index in [1.54, 1.807) is 34.1 Å². The number of nitrogens with zero attached hydrogens (tertiary/aromatic N) is 3. The second-order valence-corrected chi connectivity index (χ2v) is 9.91. The Bertz CT molecular complexity index is 1270. The number of thiophene rings is 1. The quantitative estimate of drug-likeness (QED) is 0.345. The van der Waals surface area contributed by atoms with Gasteiger partial charge in [0.25, 0.3) is 11.2 Å². The molecule has 3 aromatic rings. The van der Waals surface area contributed by atoms with Gasteiger partial charge in [-0.1, -0.05) is 6.07 Å². The predicted molar refractivity (Wildman–Crippen MR) is 122 cm³/mol. The number of fused-ring (bicyclic) bond motifs is 4. The van der Waals surface area contributed by atoms with Crippen LogP contribution in [0.3, 0.4) is 0 Å². The third-order valence-electron chi connectivity index (χ3n) is 5.80. The van der Waals surface area contributed by atoms with Crippen LogP contribution in [0.15, 0.2) is 23.0 Å². The molecule has 2 aliphatic rings. The molecule has 0 spiro atoms. The molecule has 2 aromatic heterocycles. The molecule has 5 rings (SSSR count). The average Bonchev–Trinajstić information content (AvgIpc) is 3.44. The molecule has 0 radical (unpaired) electrons. The molecule has 1 amide bonds. The summed E-state index contributed by atoms with van der Waals surface area (Å²) in [5.74, 6) is 1.71. The van der Waals surface area contributed by atoms with Crippen LogP contribution in [0.4, 0.5) is 11.4 Å². The Hall–Kier alpha value is -2.72. The molecule has 1 aliphatic carbocycles. The number of thioether (sulfide) groups is 1. The van der Waals surface area contributed by atoms with Gasteiger partial charge in [0, 0.05) is 35.7 Å². The lowest BCUT2D eigenvalue weighted by Crippen LogP contribution is -2.29. The molecule has 31 heavy (non-hydrogen) atoms. The summed E-state index contributed by atoms with van der Waals surface area (Å²) in [5, 5.41) is 11.8. The normalized spacial score (nSPS) is 14.8. The molecule has 8 nitrogen and oxygen atoms in total. The Balaban J connectivity index is 1.20. The van der Waals surface area contributed by atoms with Crippen LogP contribution in [-0.2, 0) is 29.8 Å². The average molecular weight is 457 g/mol. The Labute approximate surface area is 185 Å². The van der Waals surface area contributed by atoms with Gasteiger partial charge in [0.2, 0.25) is 5.91 Å². The lowest BCUT2D eigenvalue weighted by molar-refractivity contribution is -0.384. The van der Waals surface area contributed by atoms with Crippen molar-refractivity contribution in [1.29, 1.82) is 0 Å². The smallest absolute Gasteiger partial charge is 0.271 e. The van der Waals surface area contributed by atoms with Crippen molar-refractivity contribution in [1.82, 2.24) is 9.97 Å². The van der Waals surface area contributed by atoms with Gasteiger partial charge in [0.1, 0.15) is 10.7 Å². The first-order chi connectivity index (χ1) is 15.0. The summed E-state index contributed by atoms with van der Waals surface area (Å²) in [6, 6.07) is 4.69. The number of carbonyl (C=O) groups is 1. The van der Waals surface area contributed by atoms with Crippen LogP contribution in [0, 0.1) is 10.1 Å². The van der Waals surface area contributed by atoms with Crippen LogP contribution in [0.2, 0.25) is 0 Å². The highest BCUT2D eigenvalue weighted by molar-refractivity contribution is 7.98. The first-order valence-electron chi connectivity index (χ1n) is 10.2. The maximum Gasteiger partial charge on any atom is 0.271 e. The molecule has 0 saturated heterocycles. The molecule has 1 aromatic carbocycles. The molecule has 0 saturated carbocycles. The van der Waals surface area contributed by atoms with E-state index in [0.29, 0.717) is 42.4 Å². The number of hydrogen-bond donors (Lipinski definition) is 1. The summed E-state index contributed by atoms with van der Waals surface area (Å²) in [5.41, 5.74) is 2.71. The van der Waals surface area contributed by atoms with Gasteiger partial charge in [-0.15, -0.1) is 11.3 Å². The predicted octanol–water partition coefficient (Wildman–Crippen LogP) is 3.59. The molecule has 3 heterocycles. The third kappa shape index (κ3) is 3.74. The van der Waals surface area contributed by atoms with E-state index < -0.39 is 4.92 Å². The molecular weight excluding hydrogens is 436 g/mol. The first kappa shape index (κ1) is 20.2. The number of rotatable bonds is 6. The molecule has 0 fully saturated rings. The summed E-state index contributed by atoms with van der Waals surface area (Å²) >= 11 is 3.17. The number of carbonyl (C=O) groups excluding carboxylic acids is 1.